The molecule has 0 aromatic heterocycles. The molecule has 0 amide bonds. The van der Waals surface area contributed by atoms with E-state index in [1.807, 2.05) is 30.3 Å². The summed E-state index contributed by atoms with van der Waals surface area (Å²) in [5.74, 6) is 0.550. The molecule has 0 aliphatic rings. The van der Waals surface area contributed by atoms with Crippen LogP contribution >= 0.6 is 0 Å². The first kappa shape index (κ1) is 12.4. The SMILES string of the molecule is Oc1ccc(NCc2ccc3cc(O)ccc3c2)cc1. The molecule has 0 saturated carbocycles. The largest absolute Gasteiger partial charge is 0.508 e. The van der Waals surface area contributed by atoms with Crippen LogP contribution in [-0.4, -0.2) is 10.2 Å². The molecule has 0 fully saturated rings. The number of benzene rings is 3. The third-order valence-electron chi connectivity index (χ3n) is 3.25. The van der Waals surface area contributed by atoms with Gasteiger partial charge in [0.15, 0.2) is 0 Å². The first-order valence-electron chi connectivity index (χ1n) is 6.45. The van der Waals surface area contributed by atoms with Crippen LogP contribution in [-0.2, 0) is 6.54 Å². The molecular formula is C17H15NO2. The summed E-state index contributed by atoms with van der Waals surface area (Å²) < 4.78 is 0. The van der Waals surface area contributed by atoms with Gasteiger partial charge in [-0.1, -0.05) is 18.2 Å². The monoisotopic (exact) mass is 265 g/mol. The highest BCUT2D eigenvalue weighted by atomic mass is 16.3. The van der Waals surface area contributed by atoms with Crippen molar-refractivity contribution in [2.45, 2.75) is 6.54 Å². The molecule has 0 aliphatic heterocycles. The molecule has 3 heteroatoms. The summed E-state index contributed by atoms with van der Waals surface area (Å²) in [5.41, 5.74) is 2.13. The average Bonchev–Trinajstić information content (AvgIpc) is 2.46. The minimum absolute atomic E-state index is 0.265. The molecule has 3 rings (SSSR count). The summed E-state index contributed by atoms with van der Waals surface area (Å²) in [6.45, 7) is 0.710. The molecular weight excluding hydrogens is 250 g/mol. The molecule has 0 aliphatic carbocycles. The molecule has 3 nitrogen and oxygen atoms in total. The average molecular weight is 265 g/mol. The molecule has 0 bridgehead atoms. The summed E-state index contributed by atoms with van der Waals surface area (Å²) >= 11 is 0. The molecule has 100 valence electrons. The maximum Gasteiger partial charge on any atom is 0.116 e. The Hall–Kier alpha value is -2.68. The van der Waals surface area contributed by atoms with E-state index in [0.717, 1.165) is 22.0 Å². The molecule has 0 heterocycles. The Labute approximate surface area is 117 Å². The highest BCUT2D eigenvalue weighted by Gasteiger charge is 1.99. The van der Waals surface area contributed by atoms with Crippen LogP contribution in [0.15, 0.2) is 60.7 Å². The van der Waals surface area contributed by atoms with E-state index in [2.05, 4.69) is 11.4 Å². The van der Waals surface area contributed by atoms with Crippen LogP contribution in [0.2, 0.25) is 0 Å². The van der Waals surface area contributed by atoms with E-state index in [4.69, 9.17) is 0 Å². The Morgan fingerprint density at radius 3 is 2.15 bits per heavy atom. The van der Waals surface area contributed by atoms with Crippen molar-refractivity contribution in [1.82, 2.24) is 0 Å². The topological polar surface area (TPSA) is 52.5 Å². The van der Waals surface area contributed by atoms with Gasteiger partial charge in [0.25, 0.3) is 0 Å². The van der Waals surface area contributed by atoms with Crippen molar-refractivity contribution in [3.05, 3.63) is 66.2 Å². The first-order valence-corrected chi connectivity index (χ1v) is 6.45. The molecule has 0 atom stereocenters. The van der Waals surface area contributed by atoms with E-state index in [1.165, 1.54) is 0 Å². The quantitative estimate of drug-likeness (QED) is 0.630. The maximum atomic E-state index is 9.44. The molecule has 3 N–H and O–H groups in total. The number of phenolic OH excluding ortho intramolecular Hbond substituents is 2. The van der Waals surface area contributed by atoms with Gasteiger partial charge in [-0.05, 0) is 58.8 Å². The number of aromatic hydroxyl groups is 2. The lowest BCUT2D eigenvalue weighted by molar-refractivity contribution is 0.475. The van der Waals surface area contributed by atoms with E-state index in [0.29, 0.717) is 6.54 Å². The lowest BCUT2D eigenvalue weighted by Gasteiger charge is -2.08. The van der Waals surface area contributed by atoms with Gasteiger partial charge in [0.05, 0.1) is 0 Å². The van der Waals surface area contributed by atoms with Gasteiger partial charge in [-0.2, -0.15) is 0 Å². The Morgan fingerprint density at radius 1 is 0.700 bits per heavy atom. The minimum atomic E-state index is 0.265. The number of rotatable bonds is 3. The second kappa shape index (κ2) is 5.13. The molecule has 0 radical (unpaired) electrons. The fourth-order valence-electron chi connectivity index (χ4n) is 2.18. The van der Waals surface area contributed by atoms with Crippen LogP contribution < -0.4 is 5.32 Å². The van der Waals surface area contributed by atoms with Crippen LogP contribution in [0.3, 0.4) is 0 Å². The van der Waals surface area contributed by atoms with Crippen molar-refractivity contribution in [1.29, 1.82) is 0 Å². The van der Waals surface area contributed by atoms with E-state index < -0.39 is 0 Å². The van der Waals surface area contributed by atoms with Gasteiger partial charge >= 0.3 is 0 Å². The Morgan fingerprint density at radius 2 is 1.35 bits per heavy atom. The number of hydrogen-bond acceptors (Lipinski definition) is 3. The van der Waals surface area contributed by atoms with Gasteiger partial charge in [0.2, 0.25) is 0 Å². The van der Waals surface area contributed by atoms with Crippen LogP contribution in [0.5, 0.6) is 11.5 Å². The van der Waals surface area contributed by atoms with E-state index in [1.54, 1.807) is 24.3 Å². The van der Waals surface area contributed by atoms with Crippen molar-refractivity contribution >= 4 is 16.5 Å². The number of phenols is 2. The summed E-state index contributed by atoms with van der Waals surface area (Å²) in [6, 6.07) is 18.5. The van der Waals surface area contributed by atoms with Crippen molar-refractivity contribution in [3.63, 3.8) is 0 Å². The Balaban J connectivity index is 1.77. The Bertz CT molecular complexity index is 736. The maximum absolute atomic E-state index is 9.44. The minimum Gasteiger partial charge on any atom is -0.508 e. The molecule has 0 spiro atoms. The van der Waals surface area contributed by atoms with E-state index in [9.17, 15) is 10.2 Å². The van der Waals surface area contributed by atoms with Crippen molar-refractivity contribution in [3.8, 4) is 11.5 Å². The molecule has 3 aromatic carbocycles. The predicted octanol–water partition coefficient (Wildman–Crippen LogP) is 3.86. The van der Waals surface area contributed by atoms with Crippen LogP contribution in [0.25, 0.3) is 10.8 Å². The predicted molar refractivity (Wildman–Crippen MR) is 81.0 cm³/mol. The second-order valence-electron chi connectivity index (χ2n) is 4.77. The van der Waals surface area contributed by atoms with Gasteiger partial charge in [0.1, 0.15) is 11.5 Å². The highest BCUT2D eigenvalue weighted by Crippen LogP contribution is 2.22. The third-order valence-corrected chi connectivity index (χ3v) is 3.25. The lowest BCUT2D eigenvalue weighted by atomic mass is 10.1. The zero-order chi connectivity index (χ0) is 13.9. The molecule has 3 aromatic rings. The van der Waals surface area contributed by atoms with Crippen LogP contribution in [0.4, 0.5) is 5.69 Å². The van der Waals surface area contributed by atoms with Crippen LogP contribution in [0.1, 0.15) is 5.56 Å². The van der Waals surface area contributed by atoms with Gasteiger partial charge in [-0.25, -0.2) is 0 Å². The van der Waals surface area contributed by atoms with E-state index >= 15 is 0 Å². The van der Waals surface area contributed by atoms with Crippen molar-refractivity contribution in [2.24, 2.45) is 0 Å². The fraction of sp³-hybridized carbons (Fsp3) is 0.0588. The summed E-state index contributed by atoms with van der Waals surface area (Å²) in [4.78, 5) is 0. The van der Waals surface area contributed by atoms with Crippen LogP contribution in [0, 0.1) is 0 Å². The van der Waals surface area contributed by atoms with Gasteiger partial charge < -0.3 is 15.5 Å². The zero-order valence-corrected chi connectivity index (χ0v) is 10.9. The second-order valence-corrected chi connectivity index (χ2v) is 4.77. The van der Waals surface area contributed by atoms with Gasteiger partial charge in [-0.15, -0.1) is 0 Å². The summed E-state index contributed by atoms with van der Waals surface area (Å²) in [7, 11) is 0. The molecule has 0 saturated heterocycles. The van der Waals surface area contributed by atoms with Crippen molar-refractivity contribution < 1.29 is 10.2 Å². The third kappa shape index (κ3) is 2.67. The molecule has 20 heavy (non-hydrogen) atoms. The first-order chi connectivity index (χ1) is 9.70. The normalized spacial score (nSPS) is 10.6. The van der Waals surface area contributed by atoms with Gasteiger partial charge in [0, 0.05) is 12.2 Å². The fourth-order valence-corrected chi connectivity index (χ4v) is 2.18. The summed E-state index contributed by atoms with van der Waals surface area (Å²) in [5, 5.41) is 24.1. The lowest BCUT2D eigenvalue weighted by Crippen LogP contribution is -1.98. The van der Waals surface area contributed by atoms with Crippen molar-refractivity contribution in [2.75, 3.05) is 5.32 Å². The standard InChI is InChI=1S/C17H15NO2/c19-16-7-4-15(5-8-16)18-11-12-1-2-14-10-17(20)6-3-13(14)9-12/h1-10,18-20H,11H2. The Kier molecular flexibility index (Phi) is 3.17. The smallest absolute Gasteiger partial charge is 0.116 e. The highest BCUT2D eigenvalue weighted by molar-refractivity contribution is 5.84. The van der Waals surface area contributed by atoms with Gasteiger partial charge in [-0.3, -0.25) is 0 Å². The number of anilines is 1. The number of nitrogens with one attached hydrogen (secondary N) is 1. The van der Waals surface area contributed by atoms with E-state index in [-0.39, 0.29) is 11.5 Å². The zero-order valence-electron chi connectivity index (χ0n) is 10.9. The number of fused-ring (bicyclic) bond motifs is 1. The molecule has 0 unspecified atom stereocenters. The summed E-state index contributed by atoms with van der Waals surface area (Å²) in [6.07, 6.45) is 0. The number of hydrogen-bond donors (Lipinski definition) is 3.